The van der Waals surface area contributed by atoms with E-state index in [1.165, 1.54) is 11.3 Å². The van der Waals surface area contributed by atoms with Crippen LogP contribution in [0, 0.1) is 17.2 Å². The molecule has 2 aliphatic heterocycles. The molecule has 1 amide bonds. The molecule has 2 saturated heterocycles. The van der Waals surface area contributed by atoms with Crippen LogP contribution in [0.25, 0.3) is 10.4 Å². The molecule has 0 bridgehead atoms. The fraction of sp³-hybridized carbons (Fsp3) is 0.621. The second-order valence-corrected chi connectivity index (χ2v) is 15.4. The van der Waals surface area contributed by atoms with Crippen molar-refractivity contribution in [2.45, 2.75) is 68.7 Å². The van der Waals surface area contributed by atoms with Crippen LogP contribution in [0.2, 0.25) is 0 Å². The zero-order valence-electron chi connectivity index (χ0n) is 23.0. The average Bonchev–Trinajstić information content (AvgIpc) is 3.60. The Kier molecular flexibility index (Phi) is 7.68. The van der Waals surface area contributed by atoms with Crippen molar-refractivity contribution < 1.29 is 22.7 Å². The minimum atomic E-state index is -2.65. The number of piperidine rings is 1. The Bertz CT molecular complexity index is 1300. The fourth-order valence-electron chi connectivity index (χ4n) is 6.24. The Hall–Kier alpha value is -2.46. The quantitative estimate of drug-likeness (QED) is 0.367. The van der Waals surface area contributed by atoms with Crippen molar-refractivity contribution in [1.29, 1.82) is 5.26 Å². The Balaban J connectivity index is 1.30. The normalized spacial score (nSPS) is 27.5. The second-order valence-electron chi connectivity index (χ2n) is 12.0. The van der Waals surface area contributed by atoms with Gasteiger partial charge in [-0.15, -0.1) is 0 Å². The van der Waals surface area contributed by atoms with Gasteiger partial charge in [0.1, 0.15) is 5.54 Å². The van der Waals surface area contributed by atoms with E-state index in [2.05, 4.69) is 16.3 Å². The van der Waals surface area contributed by atoms with Gasteiger partial charge in [-0.3, -0.25) is 13.9 Å². The number of nitrogens with one attached hydrogen (secondary N) is 1. The van der Waals surface area contributed by atoms with Gasteiger partial charge in [0.2, 0.25) is 5.91 Å². The smallest absolute Gasteiger partial charge is 0.251 e. The molecule has 222 valence electrons. The van der Waals surface area contributed by atoms with Crippen LogP contribution in [0.15, 0.2) is 24.3 Å². The highest BCUT2D eigenvalue weighted by atomic mass is 32.3. The lowest BCUT2D eigenvalue weighted by atomic mass is 9.76. The summed E-state index contributed by atoms with van der Waals surface area (Å²) in [5.74, 6) is -2.41. The Morgan fingerprint density at radius 1 is 1.02 bits per heavy atom. The van der Waals surface area contributed by atoms with Crippen LogP contribution >= 0.6 is 21.9 Å². The number of hydrogen-bond acceptors (Lipinski definition) is 8. The lowest BCUT2D eigenvalue weighted by Crippen LogP contribution is -2.42. The molecular weight excluding hydrogens is 568 g/mol. The third-order valence-corrected chi connectivity index (χ3v) is 11.9. The Morgan fingerprint density at radius 2 is 1.68 bits per heavy atom. The lowest BCUT2D eigenvalue weighted by Gasteiger charge is -2.41. The summed E-state index contributed by atoms with van der Waals surface area (Å²) in [7, 11) is -2.48. The van der Waals surface area contributed by atoms with E-state index in [0.29, 0.717) is 37.4 Å². The summed E-state index contributed by atoms with van der Waals surface area (Å²) >= 11 is 1.51. The first-order valence-corrected chi connectivity index (χ1v) is 17.2. The molecule has 12 heteroatoms. The molecule has 1 aromatic carbocycles. The number of carbonyl (C=O) groups excluding carboxylic acids is 1. The van der Waals surface area contributed by atoms with Gasteiger partial charge in [0.25, 0.3) is 5.92 Å². The van der Waals surface area contributed by atoms with Gasteiger partial charge >= 0.3 is 0 Å². The molecule has 0 radical (unpaired) electrons. The molecule has 1 aromatic heterocycles. The number of nitrogens with zero attached hydrogens (tertiary/aromatic N) is 4. The molecular formula is C29H37F2N5O3S2. The van der Waals surface area contributed by atoms with Crippen molar-refractivity contribution in [3.8, 4) is 16.5 Å². The van der Waals surface area contributed by atoms with Crippen LogP contribution in [0.3, 0.4) is 0 Å². The monoisotopic (exact) mass is 605 g/mol. The van der Waals surface area contributed by atoms with Crippen molar-refractivity contribution in [3.63, 3.8) is 0 Å². The number of thiazole rings is 1. The summed E-state index contributed by atoms with van der Waals surface area (Å²) in [6.45, 7) is 1.65. The van der Waals surface area contributed by atoms with Gasteiger partial charge in [-0.1, -0.05) is 36.3 Å². The van der Waals surface area contributed by atoms with E-state index in [4.69, 9.17) is 4.98 Å². The summed E-state index contributed by atoms with van der Waals surface area (Å²) in [6.07, 6.45) is 4.43. The summed E-state index contributed by atoms with van der Waals surface area (Å²) in [5, 5.41) is 13.3. The molecule has 0 unspecified atom stereocenters. The predicted molar refractivity (Wildman–Crippen MR) is 159 cm³/mol. The minimum Gasteiger partial charge on any atom is -0.368 e. The molecule has 2 saturated carbocycles. The number of benzene rings is 1. The molecule has 3 N–H and O–H groups in total. The number of aromatic nitrogens is 1. The summed E-state index contributed by atoms with van der Waals surface area (Å²) in [4.78, 5) is 23.6. The van der Waals surface area contributed by atoms with Crippen LogP contribution in [-0.2, 0) is 4.79 Å². The third kappa shape index (κ3) is 6.19. The molecule has 0 spiro atoms. The van der Waals surface area contributed by atoms with E-state index in [1.54, 1.807) is 0 Å². The number of halogens is 2. The SMILES string of the molecule is N#CC1(NC(=O)[C@@H]2CCCC[C@H]2c2nc(N3CCC(F)(F)CC3)sc2-c2ccc(N3CCS(O)(O)CC3)cc2)CC1. The molecule has 3 heterocycles. The van der Waals surface area contributed by atoms with Crippen LogP contribution < -0.4 is 15.1 Å². The van der Waals surface area contributed by atoms with E-state index in [0.717, 1.165) is 52.6 Å². The van der Waals surface area contributed by atoms with Gasteiger partial charge in [0.15, 0.2) is 5.13 Å². The van der Waals surface area contributed by atoms with Gasteiger partial charge in [-0.25, -0.2) is 13.8 Å². The highest BCUT2D eigenvalue weighted by molar-refractivity contribution is 8.24. The molecule has 4 aliphatic rings. The highest BCUT2D eigenvalue weighted by Gasteiger charge is 2.47. The Morgan fingerprint density at radius 3 is 2.32 bits per heavy atom. The van der Waals surface area contributed by atoms with Crippen LogP contribution in [0.1, 0.15) is 63.0 Å². The van der Waals surface area contributed by atoms with Gasteiger partial charge in [0.05, 0.1) is 28.1 Å². The van der Waals surface area contributed by atoms with Crippen molar-refractivity contribution >= 4 is 38.7 Å². The summed E-state index contributed by atoms with van der Waals surface area (Å²) in [6, 6.07) is 10.4. The minimum absolute atomic E-state index is 0.0849. The van der Waals surface area contributed by atoms with Crippen molar-refractivity contribution in [1.82, 2.24) is 10.3 Å². The van der Waals surface area contributed by atoms with E-state index in [9.17, 15) is 27.9 Å². The molecule has 2 aromatic rings. The van der Waals surface area contributed by atoms with E-state index < -0.39 is 22.1 Å². The summed E-state index contributed by atoms with van der Waals surface area (Å²) in [5.41, 5.74) is 2.10. The molecule has 41 heavy (non-hydrogen) atoms. The number of rotatable bonds is 6. The predicted octanol–water partition coefficient (Wildman–Crippen LogP) is 6.06. The van der Waals surface area contributed by atoms with Crippen molar-refractivity contribution in [2.24, 2.45) is 5.92 Å². The highest BCUT2D eigenvalue weighted by Crippen LogP contribution is 2.48. The zero-order chi connectivity index (χ0) is 28.8. The number of alkyl halides is 2. The fourth-order valence-corrected chi connectivity index (χ4v) is 8.66. The number of nitriles is 1. The molecule has 6 rings (SSSR count). The third-order valence-electron chi connectivity index (χ3n) is 9.06. The molecule has 2 atom stereocenters. The van der Waals surface area contributed by atoms with Gasteiger partial charge < -0.3 is 15.1 Å². The topological polar surface area (TPSA) is 113 Å². The van der Waals surface area contributed by atoms with Crippen molar-refractivity contribution in [3.05, 3.63) is 30.0 Å². The number of anilines is 2. The lowest BCUT2D eigenvalue weighted by molar-refractivity contribution is -0.127. The largest absolute Gasteiger partial charge is 0.368 e. The van der Waals surface area contributed by atoms with Crippen LogP contribution in [-0.4, -0.2) is 69.1 Å². The van der Waals surface area contributed by atoms with Crippen LogP contribution in [0.5, 0.6) is 0 Å². The van der Waals surface area contributed by atoms with Gasteiger partial charge in [-0.05, 0) is 43.4 Å². The molecule has 4 fully saturated rings. The standard InChI is InChI=1S/C29H37F2N5O3S2/c30-29(31)11-13-36(14-12-29)27-33-24(22-3-1-2-4-23(22)26(37)34-28(19-32)9-10-28)25(40-27)20-5-7-21(8-6-20)35-15-17-41(38,39)18-16-35/h5-8,22-23,38-39H,1-4,9-18H2,(H,34,37)/t22-,23-/m1/s1. The first-order chi connectivity index (χ1) is 19.6. The Labute approximate surface area is 245 Å². The van der Waals surface area contributed by atoms with Crippen molar-refractivity contribution in [2.75, 3.05) is 47.5 Å². The first-order valence-electron chi connectivity index (χ1n) is 14.5. The van der Waals surface area contributed by atoms with Crippen LogP contribution in [0.4, 0.5) is 19.6 Å². The zero-order valence-corrected chi connectivity index (χ0v) is 24.7. The van der Waals surface area contributed by atoms with Gasteiger partial charge in [0, 0.05) is 56.5 Å². The van der Waals surface area contributed by atoms with E-state index >= 15 is 0 Å². The summed E-state index contributed by atoms with van der Waals surface area (Å²) < 4.78 is 47.8. The molecule has 2 aliphatic carbocycles. The van der Waals surface area contributed by atoms with E-state index in [1.807, 2.05) is 29.2 Å². The average molecular weight is 606 g/mol. The maximum absolute atomic E-state index is 13.9. The van der Waals surface area contributed by atoms with Gasteiger partial charge in [-0.2, -0.15) is 15.9 Å². The maximum atomic E-state index is 13.9. The van der Waals surface area contributed by atoms with E-state index in [-0.39, 0.29) is 43.7 Å². The number of hydrogen-bond donors (Lipinski definition) is 3. The number of amides is 1. The first kappa shape index (κ1) is 28.6. The molecule has 8 nitrogen and oxygen atoms in total. The maximum Gasteiger partial charge on any atom is 0.251 e. The number of carbonyl (C=O) groups is 1. The second kappa shape index (κ2) is 11.0.